The van der Waals surface area contributed by atoms with Crippen LogP contribution in [0.3, 0.4) is 0 Å². The fourth-order valence-electron chi connectivity index (χ4n) is 2.72. The third kappa shape index (κ3) is 3.46. The molecule has 0 saturated carbocycles. The number of ether oxygens (including phenoxy) is 1. The van der Waals surface area contributed by atoms with Crippen molar-refractivity contribution < 1.29 is 14.5 Å². The van der Waals surface area contributed by atoms with Gasteiger partial charge in [0.25, 0.3) is 5.69 Å². The van der Waals surface area contributed by atoms with E-state index in [0.29, 0.717) is 18.7 Å². The molecule has 0 aliphatic carbocycles. The first kappa shape index (κ1) is 16.2. The minimum absolute atomic E-state index is 0.00155. The van der Waals surface area contributed by atoms with Crippen LogP contribution in [0.2, 0.25) is 0 Å². The molecule has 0 unspecified atom stereocenters. The van der Waals surface area contributed by atoms with Crippen molar-refractivity contribution >= 4 is 23.7 Å². The average Bonchev–Trinajstić information content (AvgIpc) is 2.98. The van der Waals surface area contributed by atoms with E-state index < -0.39 is 11.0 Å². The number of nitrogens with zero attached hydrogens (tertiary/aromatic N) is 5. The predicted molar refractivity (Wildman–Crippen MR) is 88.5 cm³/mol. The van der Waals surface area contributed by atoms with Crippen LogP contribution in [0.4, 0.5) is 16.2 Å². The molecule has 0 bridgehead atoms. The van der Waals surface area contributed by atoms with Crippen LogP contribution in [0, 0.1) is 10.1 Å². The van der Waals surface area contributed by atoms with Gasteiger partial charge in [-0.3, -0.25) is 10.1 Å². The number of amides is 1. The number of nitro groups is 1. The number of rotatable bonds is 4. The molecular weight excluding hydrogens is 314 g/mol. The van der Waals surface area contributed by atoms with Crippen LogP contribution in [0.25, 0.3) is 0 Å². The molecule has 0 N–H and O–H groups in total. The number of carbonyl (C=O) groups is 1. The van der Waals surface area contributed by atoms with E-state index in [9.17, 15) is 14.9 Å². The van der Waals surface area contributed by atoms with Crippen LogP contribution in [-0.2, 0) is 4.74 Å². The Balaban J connectivity index is 1.88. The van der Waals surface area contributed by atoms with Gasteiger partial charge in [0.1, 0.15) is 6.61 Å². The number of carbonyl (C=O) groups excluding carboxylic acids is 1. The van der Waals surface area contributed by atoms with E-state index >= 15 is 0 Å². The summed E-state index contributed by atoms with van der Waals surface area (Å²) in [6, 6.07) is 4.72. The molecule has 1 aromatic carbocycles. The van der Waals surface area contributed by atoms with Gasteiger partial charge >= 0.3 is 6.09 Å². The number of non-ortho nitro benzene ring substituents is 1. The fourth-order valence-corrected chi connectivity index (χ4v) is 2.72. The summed E-state index contributed by atoms with van der Waals surface area (Å²) in [5.74, 6) is 0. The summed E-state index contributed by atoms with van der Waals surface area (Å²) in [6.45, 7) is 4.20. The Labute approximate surface area is 139 Å². The van der Waals surface area contributed by atoms with Crippen molar-refractivity contribution in [3.8, 4) is 0 Å². The molecule has 9 heteroatoms. The first-order valence-electron chi connectivity index (χ1n) is 7.75. The first-order chi connectivity index (χ1) is 11.5. The zero-order chi connectivity index (χ0) is 17.1. The SMILES string of the molecule is CN1CCN(c2ccc([N+](=O)[O-])cc2/C=N/N2CCOC2=O)CC1. The molecule has 128 valence electrons. The molecule has 2 saturated heterocycles. The van der Waals surface area contributed by atoms with Crippen LogP contribution in [-0.4, -0.2) is 73.5 Å². The summed E-state index contributed by atoms with van der Waals surface area (Å²) in [6.07, 6.45) is 0.991. The van der Waals surface area contributed by atoms with Crippen LogP contribution in [0.1, 0.15) is 5.56 Å². The van der Waals surface area contributed by atoms with Crippen LogP contribution >= 0.6 is 0 Å². The van der Waals surface area contributed by atoms with E-state index in [1.807, 2.05) is 0 Å². The van der Waals surface area contributed by atoms with Gasteiger partial charge in [-0.2, -0.15) is 10.1 Å². The molecular formula is C15H19N5O4. The van der Waals surface area contributed by atoms with E-state index in [4.69, 9.17) is 4.74 Å². The third-order valence-corrected chi connectivity index (χ3v) is 4.14. The van der Waals surface area contributed by atoms with Gasteiger partial charge in [-0.05, 0) is 13.1 Å². The molecule has 0 spiro atoms. The lowest BCUT2D eigenvalue weighted by atomic mass is 10.1. The van der Waals surface area contributed by atoms with Crippen molar-refractivity contribution in [3.63, 3.8) is 0 Å². The van der Waals surface area contributed by atoms with E-state index in [0.717, 1.165) is 31.9 Å². The number of anilines is 1. The van der Waals surface area contributed by atoms with E-state index in [1.54, 1.807) is 6.07 Å². The highest BCUT2D eigenvalue weighted by Crippen LogP contribution is 2.25. The monoisotopic (exact) mass is 333 g/mol. The smallest absolute Gasteiger partial charge is 0.430 e. The van der Waals surface area contributed by atoms with Crippen LogP contribution in [0.15, 0.2) is 23.3 Å². The highest BCUT2D eigenvalue weighted by Gasteiger charge is 2.22. The fraction of sp³-hybridized carbons (Fsp3) is 0.467. The van der Waals surface area contributed by atoms with Gasteiger partial charge in [-0.25, -0.2) is 4.79 Å². The lowest BCUT2D eigenvalue weighted by Gasteiger charge is -2.34. The number of hydrogen-bond donors (Lipinski definition) is 0. The summed E-state index contributed by atoms with van der Waals surface area (Å²) in [5.41, 5.74) is 1.50. The standard InChI is InChI=1S/C15H19N5O4/c1-17-4-6-18(7-5-17)14-3-2-13(20(22)23)10-12(14)11-16-19-8-9-24-15(19)21/h2-3,10-11H,4-9H2,1H3/b16-11+. The highest BCUT2D eigenvalue weighted by atomic mass is 16.6. The highest BCUT2D eigenvalue weighted by molar-refractivity contribution is 5.90. The van der Waals surface area contributed by atoms with Gasteiger partial charge in [0.05, 0.1) is 17.7 Å². The van der Waals surface area contributed by atoms with Crippen LogP contribution < -0.4 is 4.90 Å². The molecule has 2 fully saturated rings. The van der Waals surface area contributed by atoms with E-state index in [-0.39, 0.29) is 5.69 Å². The van der Waals surface area contributed by atoms with Crippen LogP contribution in [0.5, 0.6) is 0 Å². The summed E-state index contributed by atoms with van der Waals surface area (Å²) >= 11 is 0. The molecule has 0 aromatic heterocycles. The summed E-state index contributed by atoms with van der Waals surface area (Å²) in [4.78, 5) is 26.5. The molecule has 2 heterocycles. The number of hydrazone groups is 1. The average molecular weight is 333 g/mol. The van der Waals surface area contributed by atoms with Crippen molar-refractivity contribution in [2.75, 3.05) is 51.3 Å². The minimum atomic E-state index is -0.502. The Morgan fingerprint density at radius 2 is 2.00 bits per heavy atom. The van der Waals surface area contributed by atoms with Crippen molar-refractivity contribution in [2.45, 2.75) is 0 Å². The van der Waals surface area contributed by atoms with Gasteiger partial charge in [0, 0.05) is 49.6 Å². The molecule has 0 atom stereocenters. The molecule has 1 aromatic rings. The Bertz CT molecular complexity index is 670. The Morgan fingerprint density at radius 3 is 2.62 bits per heavy atom. The maximum Gasteiger partial charge on any atom is 0.430 e. The summed E-state index contributed by atoms with van der Waals surface area (Å²) < 4.78 is 4.82. The van der Waals surface area contributed by atoms with Crippen molar-refractivity contribution in [1.82, 2.24) is 9.91 Å². The lowest BCUT2D eigenvalue weighted by molar-refractivity contribution is -0.384. The minimum Gasteiger partial charge on any atom is -0.446 e. The van der Waals surface area contributed by atoms with Gasteiger partial charge in [0.15, 0.2) is 0 Å². The summed E-state index contributed by atoms with van der Waals surface area (Å²) in [7, 11) is 2.06. The Kier molecular flexibility index (Phi) is 4.61. The second-order valence-electron chi connectivity index (χ2n) is 5.77. The molecule has 2 aliphatic rings. The molecule has 2 aliphatic heterocycles. The zero-order valence-corrected chi connectivity index (χ0v) is 13.4. The molecule has 3 rings (SSSR count). The van der Waals surface area contributed by atoms with Crippen molar-refractivity contribution in [1.29, 1.82) is 0 Å². The van der Waals surface area contributed by atoms with E-state index in [2.05, 4.69) is 21.9 Å². The van der Waals surface area contributed by atoms with Gasteiger partial charge < -0.3 is 14.5 Å². The number of nitro benzene ring substituents is 1. The number of hydrogen-bond acceptors (Lipinski definition) is 7. The van der Waals surface area contributed by atoms with Gasteiger partial charge in [-0.1, -0.05) is 0 Å². The van der Waals surface area contributed by atoms with Gasteiger partial charge in [0.2, 0.25) is 0 Å². The van der Waals surface area contributed by atoms with Crippen molar-refractivity contribution in [3.05, 3.63) is 33.9 Å². The molecule has 9 nitrogen and oxygen atoms in total. The topological polar surface area (TPSA) is 91.5 Å². The number of piperazine rings is 1. The maximum atomic E-state index is 11.5. The molecule has 0 radical (unpaired) electrons. The predicted octanol–water partition coefficient (Wildman–Crippen LogP) is 1.13. The van der Waals surface area contributed by atoms with E-state index in [1.165, 1.54) is 23.4 Å². The first-order valence-corrected chi connectivity index (χ1v) is 7.75. The second kappa shape index (κ2) is 6.83. The maximum absolute atomic E-state index is 11.5. The number of cyclic esters (lactones) is 1. The van der Waals surface area contributed by atoms with Gasteiger partial charge in [-0.15, -0.1) is 0 Å². The number of likely N-dealkylation sites (N-methyl/N-ethyl adjacent to an activating group) is 1. The summed E-state index contributed by atoms with van der Waals surface area (Å²) in [5, 5.41) is 16.4. The largest absolute Gasteiger partial charge is 0.446 e. The lowest BCUT2D eigenvalue weighted by Crippen LogP contribution is -2.44. The molecule has 24 heavy (non-hydrogen) atoms. The van der Waals surface area contributed by atoms with Crippen molar-refractivity contribution in [2.24, 2.45) is 5.10 Å². The Morgan fingerprint density at radius 1 is 1.25 bits per heavy atom. The second-order valence-corrected chi connectivity index (χ2v) is 5.77. The Hall–Kier alpha value is -2.68. The number of benzene rings is 1. The molecule has 1 amide bonds. The quantitative estimate of drug-likeness (QED) is 0.466. The normalized spacial score (nSPS) is 19.1. The third-order valence-electron chi connectivity index (χ3n) is 4.14. The zero-order valence-electron chi connectivity index (χ0n) is 13.4.